The third kappa shape index (κ3) is 2.26. The van der Waals surface area contributed by atoms with Crippen LogP contribution in [0.15, 0.2) is 0 Å². The molecule has 9 heavy (non-hydrogen) atoms. The van der Waals surface area contributed by atoms with E-state index >= 15 is 0 Å². The highest BCUT2D eigenvalue weighted by atomic mass is 32.1. The van der Waals surface area contributed by atoms with Crippen LogP contribution in [0.3, 0.4) is 0 Å². The summed E-state index contributed by atoms with van der Waals surface area (Å²) < 4.78 is 5.22. The summed E-state index contributed by atoms with van der Waals surface area (Å²) in [5.41, 5.74) is 2.41. The summed E-state index contributed by atoms with van der Waals surface area (Å²) >= 11 is 4.46. The number of rotatable bonds is 2. The highest BCUT2D eigenvalue weighted by molar-refractivity contribution is 7.78. The molecule has 1 atom stereocenters. The quantitative estimate of drug-likeness (QED) is 0.400. The first-order chi connectivity index (χ1) is 4.43. The molecule has 0 spiro atoms. The van der Waals surface area contributed by atoms with Crippen LogP contribution in [0.1, 0.15) is 0 Å². The molecule has 1 aliphatic heterocycles. The minimum absolute atomic E-state index is 0.0243. The van der Waals surface area contributed by atoms with Crippen molar-refractivity contribution in [3.05, 3.63) is 0 Å². The van der Waals surface area contributed by atoms with Gasteiger partial charge in [0.25, 0.3) is 0 Å². The van der Waals surface area contributed by atoms with Gasteiger partial charge in [-0.25, -0.2) is 0 Å². The number of thiocarbonyl (C=S) groups is 1. The van der Waals surface area contributed by atoms with Crippen molar-refractivity contribution in [1.82, 2.24) is 10.6 Å². The molecule has 0 aromatic rings. The predicted octanol–water partition coefficient (Wildman–Crippen LogP) is -0.644. The summed E-state index contributed by atoms with van der Waals surface area (Å²) in [6.07, 6.45) is 0.0243. The topological polar surface area (TPSA) is 33.3 Å². The first-order valence-corrected chi connectivity index (χ1v) is 3.29. The van der Waals surface area contributed by atoms with Crippen LogP contribution in [0, 0.1) is 0 Å². The minimum Gasteiger partial charge on any atom is -0.356 e. The maximum absolute atomic E-state index is 5.22. The number of hydrogen-bond donors (Lipinski definition) is 2. The molecule has 1 fully saturated rings. The maximum atomic E-state index is 5.22. The van der Waals surface area contributed by atoms with Crippen LogP contribution in [0.25, 0.3) is 0 Å². The fourth-order valence-corrected chi connectivity index (χ4v) is 0.855. The van der Waals surface area contributed by atoms with Crippen LogP contribution in [-0.2, 0) is 4.74 Å². The van der Waals surface area contributed by atoms with Gasteiger partial charge in [-0.05, 0) is 0 Å². The minimum atomic E-state index is 0.0243. The molecule has 1 unspecified atom stereocenters. The molecule has 2 N–H and O–H groups in total. The van der Waals surface area contributed by atoms with E-state index in [1.165, 1.54) is 0 Å². The van der Waals surface area contributed by atoms with Gasteiger partial charge in [-0.2, -0.15) is 0 Å². The van der Waals surface area contributed by atoms with Gasteiger partial charge in [0.2, 0.25) is 0 Å². The average molecular weight is 145 g/mol. The Morgan fingerprint density at radius 3 is 3.22 bits per heavy atom. The van der Waals surface area contributed by atoms with Gasteiger partial charge >= 0.3 is 0 Å². The molecule has 3 nitrogen and oxygen atoms in total. The van der Waals surface area contributed by atoms with Crippen molar-refractivity contribution >= 4 is 17.7 Å². The third-order valence-corrected chi connectivity index (χ3v) is 1.27. The number of morpholine rings is 1. The van der Waals surface area contributed by atoms with Crippen LogP contribution in [0.4, 0.5) is 0 Å². The molecule has 0 aliphatic carbocycles. The second-order valence-electron chi connectivity index (χ2n) is 1.81. The number of hydrogen-bond acceptors (Lipinski definition) is 3. The lowest BCUT2D eigenvalue weighted by Crippen LogP contribution is -2.46. The third-order valence-electron chi connectivity index (χ3n) is 1.15. The summed E-state index contributed by atoms with van der Waals surface area (Å²) in [6.45, 7) is 2.48. The number of nitrogens with one attached hydrogen (secondary N) is 2. The smallest absolute Gasteiger partial charge is 0.141 e. The molecule has 0 amide bonds. The lowest BCUT2D eigenvalue weighted by atomic mass is 10.4. The molecular formula is C5H9N2OS. The fourth-order valence-electron chi connectivity index (χ4n) is 0.724. The Morgan fingerprint density at radius 1 is 1.78 bits per heavy atom. The average Bonchev–Trinajstić information content (AvgIpc) is 1.91. The Kier molecular flexibility index (Phi) is 2.90. The Balaban J connectivity index is 2.15. The Morgan fingerprint density at radius 2 is 2.67 bits per heavy atom. The number of ether oxygens (including phenoxy) is 1. The van der Waals surface area contributed by atoms with E-state index in [4.69, 9.17) is 4.74 Å². The van der Waals surface area contributed by atoms with E-state index in [-0.39, 0.29) is 6.23 Å². The van der Waals surface area contributed by atoms with Crippen LogP contribution < -0.4 is 10.6 Å². The molecule has 0 saturated carbocycles. The van der Waals surface area contributed by atoms with E-state index in [0.717, 1.165) is 19.7 Å². The van der Waals surface area contributed by atoms with Gasteiger partial charge in [0.05, 0.1) is 6.61 Å². The van der Waals surface area contributed by atoms with Crippen molar-refractivity contribution in [2.75, 3.05) is 19.7 Å². The zero-order valence-corrected chi connectivity index (χ0v) is 5.83. The lowest BCUT2D eigenvalue weighted by molar-refractivity contribution is 0.0207. The van der Waals surface area contributed by atoms with Crippen molar-refractivity contribution in [2.24, 2.45) is 0 Å². The standard InChI is InChI=1S/C5H9N2OS/c9-4-7-5-3-6-1-2-8-5/h5-6H,1-3H2,(H,7,9). The van der Waals surface area contributed by atoms with Gasteiger partial charge in [-0.3, -0.25) is 0 Å². The molecule has 0 aromatic heterocycles. The maximum Gasteiger partial charge on any atom is 0.141 e. The van der Waals surface area contributed by atoms with E-state index in [0.29, 0.717) is 0 Å². The molecule has 4 heteroatoms. The van der Waals surface area contributed by atoms with Crippen molar-refractivity contribution in [3.8, 4) is 0 Å². The highest BCUT2D eigenvalue weighted by Crippen LogP contribution is 1.88. The predicted molar refractivity (Wildman–Crippen MR) is 38.3 cm³/mol. The lowest BCUT2D eigenvalue weighted by Gasteiger charge is -2.22. The normalized spacial score (nSPS) is 27.3. The molecule has 51 valence electrons. The van der Waals surface area contributed by atoms with E-state index in [1.807, 2.05) is 0 Å². The molecule has 1 rings (SSSR count). The first kappa shape index (κ1) is 6.92. The summed E-state index contributed by atoms with van der Waals surface area (Å²) in [7, 11) is 0. The van der Waals surface area contributed by atoms with Crippen LogP contribution in [-0.4, -0.2) is 31.4 Å². The van der Waals surface area contributed by atoms with Gasteiger partial charge in [0, 0.05) is 13.1 Å². The van der Waals surface area contributed by atoms with Gasteiger partial charge < -0.3 is 15.4 Å². The summed E-state index contributed by atoms with van der Waals surface area (Å²) in [4.78, 5) is 0. The molecule has 0 bridgehead atoms. The molecule has 1 radical (unpaired) electrons. The highest BCUT2D eigenvalue weighted by Gasteiger charge is 2.09. The fraction of sp³-hybridized carbons (Fsp3) is 0.800. The Bertz CT molecular complexity index is 93.0. The van der Waals surface area contributed by atoms with Gasteiger partial charge in [0.1, 0.15) is 11.7 Å². The molecule has 0 aromatic carbocycles. The van der Waals surface area contributed by atoms with Crippen molar-refractivity contribution in [1.29, 1.82) is 0 Å². The molecule has 1 aliphatic rings. The SMILES string of the molecule is S=[C]NC1CNCCO1. The van der Waals surface area contributed by atoms with Crippen molar-refractivity contribution in [3.63, 3.8) is 0 Å². The van der Waals surface area contributed by atoms with Crippen LogP contribution >= 0.6 is 12.2 Å². The summed E-state index contributed by atoms with van der Waals surface area (Å²) in [6, 6.07) is 0. The van der Waals surface area contributed by atoms with Crippen molar-refractivity contribution < 1.29 is 4.74 Å². The van der Waals surface area contributed by atoms with E-state index in [2.05, 4.69) is 28.3 Å². The molecular weight excluding hydrogens is 136 g/mol. The van der Waals surface area contributed by atoms with E-state index in [1.54, 1.807) is 0 Å². The second-order valence-corrected chi connectivity index (χ2v) is 2.01. The molecule has 1 saturated heterocycles. The zero-order chi connectivity index (χ0) is 6.53. The molecule has 1 heterocycles. The second kappa shape index (κ2) is 3.76. The first-order valence-electron chi connectivity index (χ1n) is 2.88. The summed E-state index contributed by atoms with van der Waals surface area (Å²) in [5, 5.41) is 5.91. The van der Waals surface area contributed by atoms with Crippen LogP contribution in [0.2, 0.25) is 0 Å². The Hall–Kier alpha value is -0.190. The summed E-state index contributed by atoms with van der Waals surface area (Å²) in [5.74, 6) is 0. The zero-order valence-electron chi connectivity index (χ0n) is 5.02. The van der Waals surface area contributed by atoms with E-state index in [9.17, 15) is 0 Å². The Labute approximate surface area is 59.8 Å². The van der Waals surface area contributed by atoms with Crippen molar-refractivity contribution in [2.45, 2.75) is 6.23 Å². The van der Waals surface area contributed by atoms with Crippen LogP contribution in [0.5, 0.6) is 0 Å². The monoisotopic (exact) mass is 145 g/mol. The van der Waals surface area contributed by atoms with Gasteiger partial charge in [-0.15, -0.1) is 0 Å². The van der Waals surface area contributed by atoms with E-state index < -0.39 is 0 Å². The van der Waals surface area contributed by atoms with Gasteiger partial charge in [-0.1, -0.05) is 12.2 Å². The van der Waals surface area contributed by atoms with Gasteiger partial charge in [0.15, 0.2) is 0 Å². The largest absolute Gasteiger partial charge is 0.356 e.